The number of hydrogen-bond donors (Lipinski definition) is 2. The van der Waals surface area contributed by atoms with Gasteiger partial charge in [0, 0.05) is 25.0 Å². The van der Waals surface area contributed by atoms with Crippen LogP contribution in [0.2, 0.25) is 0 Å². The van der Waals surface area contributed by atoms with E-state index in [1.54, 1.807) is 25.4 Å². The number of amides is 1. The Morgan fingerprint density at radius 1 is 1.35 bits per heavy atom. The molecule has 1 aromatic carbocycles. The lowest BCUT2D eigenvalue weighted by atomic mass is 10.1. The second-order valence-electron chi connectivity index (χ2n) is 4.92. The molecule has 0 aliphatic rings. The molecule has 0 saturated carbocycles. The summed E-state index contributed by atoms with van der Waals surface area (Å²) in [5, 5.41) is 6.01. The Kier molecular flexibility index (Phi) is 6.17. The third-order valence-electron chi connectivity index (χ3n) is 3.32. The highest BCUT2D eigenvalue weighted by atomic mass is 16.5. The number of anilines is 1. The Morgan fingerprint density at radius 2 is 2.17 bits per heavy atom. The van der Waals surface area contributed by atoms with Gasteiger partial charge < -0.3 is 15.4 Å². The molecule has 0 saturated heterocycles. The molecule has 5 heteroatoms. The molecule has 1 heterocycles. The van der Waals surface area contributed by atoms with E-state index in [4.69, 9.17) is 4.74 Å². The Labute approximate surface area is 136 Å². The Bertz CT molecular complexity index is 671. The molecule has 0 spiro atoms. The molecule has 120 valence electrons. The van der Waals surface area contributed by atoms with Gasteiger partial charge in [-0.3, -0.25) is 9.78 Å². The van der Waals surface area contributed by atoms with E-state index < -0.39 is 0 Å². The average Bonchev–Trinajstić information content (AvgIpc) is 2.60. The van der Waals surface area contributed by atoms with Gasteiger partial charge in [0.15, 0.2) is 0 Å². The first-order valence-corrected chi connectivity index (χ1v) is 7.45. The van der Waals surface area contributed by atoms with Crippen LogP contribution in [0.25, 0.3) is 0 Å². The van der Waals surface area contributed by atoms with E-state index in [0.717, 1.165) is 30.0 Å². The van der Waals surface area contributed by atoms with E-state index in [0.29, 0.717) is 12.2 Å². The van der Waals surface area contributed by atoms with Gasteiger partial charge in [-0.25, -0.2) is 0 Å². The van der Waals surface area contributed by atoms with Gasteiger partial charge in [0.05, 0.1) is 7.11 Å². The zero-order valence-corrected chi connectivity index (χ0v) is 13.2. The summed E-state index contributed by atoms with van der Waals surface area (Å²) in [6, 6.07) is 11.5. The molecule has 0 bridgehead atoms. The maximum Gasteiger partial charge on any atom is 0.270 e. The van der Waals surface area contributed by atoms with Crippen molar-refractivity contribution in [1.29, 1.82) is 0 Å². The summed E-state index contributed by atoms with van der Waals surface area (Å²) in [5.74, 6) is 0.673. The van der Waals surface area contributed by atoms with Crippen LogP contribution in [0.3, 0.4) is 0 Å². The highest BCUT2D eigenvalue weighted by molar-refractivity contribution is 5.93. The van der Waals surface area contributed by atoms with Crippen LogP contribution in [-0.4, -0.2) is 31.1 Å². The number of nitrogens with one attached hydrogen (secondary N) is 2. The molecule has 0 radical (unpaired) electrons. The summed E-state index contributed by atoms with van der Waals surface area (Å²) in [5.41, 5.74) is 2.38. The van der Waals surface area contributed by atoms with Gasteiger partial charge >= 0.3 is 0 Å². The van der Waals surface area contributed by atoms with Crippen molar-refractivity contribution >= 4 is 11.6 Å². The van der Waals surface area contributed by atoms with Crippen LogP contribution in [0, 0.1) is 0 Å². The first-order valence-electron chi connectivity index (χ1n) is 7.45. The number of nitrogens with zero attached hydrogens (tertiary/aromatic N) is 1. The fraction of sp³-hybridized carbons (Fsp3) is 0.222. The van der Waals surface area contributed by atoms with Crippen LogP contribution in [0.1, 0.15) is 16.1 Å². The fourth-order valence-electron chi connectivity index (χ4n) is 2.17. The number of benzene rings is 1. The molecule has 2 aromatic rings. The van der Waals surface area contributed by atoms with Crippen molar-refractivity contribution in [2.75, 3.05) is 25.5 Å². The number of pyridine rings is 1. The highest BCUT2D eigenvalue weighted by Gasteiger charge is 2.07. The van der Waals surface area contributed by atoms with E-state index in [1.807, 2.05) is 30.3 Å². The standard InChI is InChI=1S/C18H21N3O2/c1-3-10-21-18(22)16-13-15(9-12-20-16)19-11-8-14-6-4-5-7-17(14)23-2/h3-7,9,12-13H,1,8,10-11H2,2H3,(H,19,20)(H,21,22). The van der Waals surface area contributed by atoms with Crippen LogP contribution in [0.4, 0.5) is 5.69 Å². The lowest BCUT2D eigenvalue weighted by Gasteiger charge is -2.10. The molecule has 23 heavy (non-hydrogen) atoms. The first kappa shape index (κ1) is 16.5. The molecule has 1 aromatic heterocycles. The van der Waals surface area contributed by atoms with Crippen LogP contribution in [0.5, 0.6) is 5.75 Å². The number of para-hydroxylation sites is 1. The van der Waals surface area contributed by atoms with Crippen LogP contribution >= 0.6 is 0 Å². The third-order valence-corrected chi connectivity index (χ3v) is 3.32. The maximum absolute atomic E-state index is 11.9. The third kappa shape index (κ3) is 4.85. The Balaban J connectivity index is 1.93. The van der Waals surface area contributed by atoms with E-state index >= 15 is 0 Å². The predicted octanol–water partition coefficient (Wildman–Crippen LogP) is 2.66. The van der Waals surface area contributed by atoms with Crippen molar-refractivity contribution in [3.8, 4) is 5.75 Å². The molecule has 2 N–H and O–H groups in total. The average molecular weight is 311 g/mol. The molecular weight excluding hydrogens is 290 g/mol. The molecule has 0 fully saturated rings. The van der Waals surface area contributed by atoms with Crippen molar-refractivity contribution in [3.05, 3.63) is 66.5 Å². The summed E-state index contributed by atoms with van der Waals surface area (Å²) in [7, 11) is 1.67. The number of hydrogen-bond acceptors (Lipinski definition) is 4. The zero-order valence-electron chi connectivity index (χ0n) is 13.2. The zero-order chi connectivity index (χ0) is 16.5. The van der Waals surface area contributed by atoms with E-state index in [-0.39, 0.29) is 5.91 Å². The van der Waals surface area contributed by atoms with Crippen molar-refractivity contribution in [3.63, 3.8) is 0 Å². The number of carbonyl (C=O) groups excluding carboxylic acids is 1. The maximum atomic E-state index is 11.9. The number of rotatable bonds is 8. The van der Waals surface area contributed by atoms with Gasteiger partial charge in [0.25, 0.3) is 5.91 Å². The van der Waals surface area contributed by atoms with Crippen LogP contribution < -0.4 is 15.4 Å². The molecule has 5 nitrogen and oxygen atoms in total. The fourth-order valence-corrected chi connectivity index (χ4v) is 2.17. The SMILES string of the molecule is C=CCNC(=O)c1cc(NCCc2ccccc2OC)ccn1. The molecule has 0 aliphatic heterocycles. The van der Waals surface area contributed by atoms with Gasteiger partial charge in [-0.2, -0.15) is 0 Å². The molecule has 0 aliphatic carbocycles. The lowest BCUT2D eigenvalue weighted by molar-refractivity contribution is 0.0953. The molecule has 0 atom stereocenters. The molecule has 2 rings (SSSR count). The number of aromatic nitrogens is 1. The van der Waals surface area contributed by atoms with Crippen LogP contribution in [0.15, 0.2) is 55.3 Å². The summed E-state index contributed by atoms with van der Waals surface area (Å²) in [6.45, 7) is 4.73. The van der Waals surface area contributed by atoms with Gasteiger partial charge in [0.1, 0.15) is 11.4 Å². The first-order chi connectivity index (χ1) is 11.2. The second-order valence-corrected chi connectivity index (χ2v) is 4.92. The van der Waals surface area contributed by atoms with Crippen molar-refractivity contribution < 1.29 is 9.53 Å². The molecule has 1 amide bonds. The minimum Gasteiger partial charge on any atom is -0.496 e. The summed E-state index contributed by atoms with van der Waals surface area (Å²) in [4.78, 5) is 15.9. The van der Waals surface area contributed by atoms with E-state index in [1.165, 1.54) is 0 Å². The Morgan fingerprint density at radius 3 is 2.96 bits per heavy atom. The smallest absolute Gasteiger partial charge is 0.270 e. The number of carbonyl (C=O) groups is 1. The van der Waals surface area contributed by atoms with Crippen molar-refractivity contribution in [2.24, 2.45) is 0 Å². The van der Waals surface area contributed by atoms with Crippen LogP contribution in [-0.2, 0) is 6.42 Å². The lowest BCUT2D eigenvalue weighted by Crippen LogP contribution is -2.24. The number of ether oxygens (including phenoxy) is 1. The van der Waals surface area contributed by atoms with Gasteiger partial charge in [-0.1, -0.05) is 24.3 Å². The topological polar surface area (TPSA) is 63.2 Å². The van der Waals surface area contributed by atoms with Gasteiger partial charge in [0.2, 0.25) is 0 Å². The minimum atomic E-state index is -0.210. The van der Waals surface area contributed by atoms with Crippen molar-refractivity contribution in [1.82, 2.24) is 10.3 Å². The largest absolute Gasteiger partial charge is 0.496 e. The van der Waals surface area contributed by atoms with Gasteiger partial charge in [-0.05, 0) is 30.2 Å². The monoisotopic (exact) mass is 311 g/mol. The minimum absolute atomic E-state index is 0.210. The predicted molar refractivity (Wildman–Crippen MR) is 92.0 cm³/mol. The summed E-state index contributed by atoms with van der Waals surface area (Å²) < 4.78 is 5.34. The summed E-state index contributed by atoms with van der Waals surface area (Å²) in [6.07, 6.45) is 4.08. The quantitative estimate of drug-likeness (QED) is 0.736. The Hall–Kier alpha value is -2.82. The van der Waals surface area contributed by atoms with E-state index in [2.05, 4.69) is 22.2 Å². The normalized spacial score (nSPS) is 9.96. The highest BCUT2D eigenvalue weighted by Crippen LogP contribution is 2.18. The van der Waals surface area contributed by atoms with Gasteiger partial charge in [-0.15, -0.1) is 6.58 Å². The molecular formula is C18H21N3O2. The summed E-state index contributed by atoms with van der Waals surface area (Å²) >= 11 is 0. The number of methoxy groups -OCH3 is 1. The van der Waals surface area contributed by atoms with E-state index in [9.17, 15) is 4.79 Å². The molecule has 0 unspecified atom stereocenters. The second kappa shape index (κ2) is 8.58. The van der Waals surface area contributed by atoms with Crippen molar-refractivity contribution in [2.45, 2.75) is 6.42 Å².